The van der Waals surface area contributed by atoms with E-state index in [0.29, 0.717) is 36.1 Å². The van der Waals surface area contributed by atoms with Gasteiger partial charge in [0, 0.05) is 12.6 Å². The molecule has 37 heavy (non-hydrogen) atoms. The van der Waals surface area contributed by atoms with Gasteiger partial charge in [0.15, 0.2) is 0 Å². The quantitative estimate of drug-likeness (QED) is 0.161. The number of aromatic carboxylic acids is 1. The van der Waals surface area contributed by atoms with Crippen molar-refractivity contribution in [1.82, 2.24) is 0 Å². The Labute approximate surface area is 224 Å². The van der Waals surface area contributed by atoms with Crippen molar-refractivity contribution in [2.75, 3.05) is 19.5 Å². The summed E-state index contributed by atoms with van der Waals surface area (Å²) in [4.78, 5) is 24.8. The normalized spacial score (nSPS) is 12.8. The number of benzene rings is 2. The van der Waals surface area contributed by atoms with Crippen LogP contribution in [0.3, 0.4) is 0 Å². The predicted molar refractivity (Wildman–Crippen MR) is 149 cm³/mol. The molecule has 0 unspecified atom stereocenters. The standard InChI is InChI=1S/C30H36ClNO5/c1-6-8-9-10-12-19(23-15-20(36-5)16-25(31)26(23)29(33)34)13-14-22-21(11-7-2)18(3)24-17-37-30(35)27(24)28(22)32-4/h7,13,15-16,32H,2,6,8-12,14,17H2,1,3-5H3,(H,33,34)/b19-13+. The highest BCUT2D eigenvalue weighted by Gasteiger charge is 2.30. The molecule has 6 nitrogen and oxygen atoms in total. The summed E-state index contributed by atoms with van der Waals surface area (Å²) in [6.45, 7) is 8.37. The van der Waals surface area contributed by atoms with Gasteiger partial charge in [0.25, 0.3) is 0 Å². The Morgan fingerprint density at radius 1 is 1.24 bits per heavy atom. The summed E-state index contributed by atoms with van der Waals surface area (Å²) in [5.74, 6) is -0.907. The first-order valence-corrected chi connectivity index (χ1v) is 13.1. The van der Waals surface area contributed by atoms with Gasteiger partial charge in [-0.25, -0.2) is 9.59 Å². The minimum atomic E-state index is -1.08. The lowest BCUT2D eigenvalue weighted by Gasteiger charge is -2.20. The van der Waals surface area contributed by atoms with Crippen LogP contribution >= 0.6 is 11.6 Å². The molecule has 0 bridgehead atoms. The minimum Gasteiger partial charge on any atom is -0.497 e. The third kappa shape index (κ3) is 6.02. The van der Waals surface area contributed by atoms with Crippen LogP contribution in [-0.2, 0) is 24.2 Å². The molecular weight excluding hydrogens is 490 g/mol. The fourth-order valence-electron chi connectivity index (χ4n) is 5.07. The lowest BCUT2D eigenvalue weighted by molar-refractivity contribution is 0.0535. The fourth-order valence-corrected chi connectivity index (χ4v) is 5.36. The molecule has 0 saturated carbocycles. The maximum Gasteiger partial charge on any atom is 0.341 e. The van der Waals surface area contributed by atoms with Crippen molar-refractivity contribution in [2.24, 2.45) is 0 Å². The molecule has 2 N–H and O–H groups in total. The number of fused-ring (bicyclic) bond motifs is 1. The molecule has 198 valence electrons. The van der Waals surface area contributed by atoms with Crippen LogP contribution in [0, 0.1) is 6.92 Å². The van der Waals surface area contributed by atoms with E-state index in [1.54, 1.807) is 13.1 Å². The molecule has 0 fully saturated rings. The van der Waals surface area contributed by atoms with Crippen molar-refractivity contribution < 1.29 is 24.2 Å². The number of ether oxygens (including phenoxy) is 2. The second-order valence-electron chi connectivity index (χ2n) is 9.21. The molecule has 7 heteroatoms. The summed E-state index contributed by atoms with van der Waals surface area (Å²) in [6, 6.07) is 3.27. The minimum absolute atomic E-state index is 0.0677. The van der Waals surface area contributed by atoms with Gasteiger partial charge in [-0.15, -0.1) is 6.58 Å². The van der Waals surface area contributed by atoms with Crippen molar-refractivity contribution in [1.29, 1.82) is 0 Å². The van der Waals surface area contributed by atoms with Crippen LogP contribution in [0.15, 0.2) is 30.9 Å². The number of unbranched alkanes of at least 4 members (excludes halogenated alkanes) is 3. The highest BCUT2D eigenvalue weighted by molar-refractivity contribution is 6.34. The van der Waals surface area contributed by atoms with Crippen LogP contribution in [0.25, 0.3) is 5.57 Å². The number of cyclic esters (lactones) is 1. The number of allylic oxidation sites excluding steroid dienone is 3. The smallest absolute Gasteiger partial charge is 0.341 e. The monoisotopic (exact) mass is 525 g/mol. The number of esters is 1. The van der Waals surface area contributed by atoms with Gasteiger partial charge in [-0.05, 0) is 72.6 Å². The van der Waals surface area contributed by atoms with E-state index in [-0.39, 0.29) is 23.2 Å². The number of halogens is 1. The van der Waals surface area contributed by atoms with E-state index in [0.717, 1.165) is 59.2 Å². The zero-order chi connectivity index (χ0) is 27.1. The number of anilines is 1. The van der Waals surface area contributed by atoms with Gasteiger partial charge in [0.05, 0.1) is 28.9 Å². The average molecular weight is 526 g/mol. The zero-order valence-electron chi connectivity index (χ0n) is 22.1. The molecule has 0 spiro atoms. The first-order valence-electron chi connectivity index (χ1n) is 12.7. The van der Waals surface area contributed by atoms with E-state index in [1.807, 2.05) is 13.0 Å². The third-order valence-electron chi connectivity index (χ3n) is 6.98. The maximum atomic E-state index is 12.6. The summed E-state index contributed by atoms with van der Waals surface area (Å²) < 4.78 is 10.8. The van der Waals surface area contributed by atoms with Gasteiger partial charge in [-0.3, -0.25) is 0 Å². The SMILES string of the molecule is C=CCc1c(C)c2c(c(NC)c1C/C=C(\CCCCCC)c1cc(OC)cc(Cl)c1C(=O)O)C(=O)OC2. The molecule has 2 aromatic rings. The molecule has 1 aliphatic rings. The number of carbonyl (C=O) groups is 2. The Hall–Kier alpha value is -3.25. The Morgan fingerprint density at radius 3 is 2.62 bits per heavy atom. The van der Waals surface area contributed by atoms with Gasteiger partial charge in [0.1, 0.15) is 12.4 Å². The zero-order valence-corrected chi connectivity index (χ0v) is 22.9. The van der Waals surface area contributed by atoms with E-state index >= 15 is 0 Å². The topological polar surface area (TPSA) is 84.9 Å². The first-order chi connectivity index (χ1) is 17.8. The van der Waals surface area contributed by atoms with Crippen molar-refractivity contribution in [3.63, 3.8) is 0 Å². The number of hydrogen-bond donors (Lipinski definition) is 2. The summed E-state index contributed by atoms with van der Waals surface area (Å²) in [5, 5.41) is 13.4. The number of rotatable bonds is 13. The Balaban J connectivity index is 2.19. The number of carboxylic acid groups (broad SMARTS) is 1. The molecule has 1 heterocycles. The average Bonchev–Trinajstić information content (AvgIpc) is 3.26. The second kappa shape index (κ2) is 12.8. The Morgan fingerprint density at radius 2 is 2.00 bits per heavy atom. The molecule has 0 aliphatic carbocycles. The largest absolute Gasteiger partial charge is 0.497 e. The van der Waals surface area contributed by atoms with Crippen LogP contribution in [0.4, 0.5) is 5.69 Å². The van der Waals surface area contributed by atoms with Gasteiger partial charge in [-0.2, -0.15) is 0 Å². The van der Waals surface area contributed by atoms with Crippen molar-refractivity contribution in [2.45, 2.75) is 65.4 Å². The van der Waals surface area contributed by atoms with E-state index in [1.165, 1.54) is 13.2 Å². The van der Waals surface area contributed by atoms with Crippen LogP contribution in [-0.4, -0.2) is 31.2 Å². The number of nitrogens with one attached hydrogen (secondary N) is 1. The van der Waals surface area contributed by atoms with Gasteiger partial charge >= 0.3 is 11.9 Å². The highest BCUT2D eigenvalue weighted by atomic mass is 35.5. The summed E-state index contributed by atoms with van der Waals surface area (Å²) in [5.41, 5.74) is 6.87. The Bertz CT molecular complexity index is 1230. The van der Waals surface area contributed by atoms with E-state index in [9.17, 15) is 14.7 Å². The lowest BCUT2D eigenvalue weighted by atomic mass is 9.86. The molecule has 0 saturated heterocycles. The lowest BCUT2D eigenvalue weighted by Crippen LogP contribution is -2.10. The first kappa shape index (κ1) is 28.3. The predicted octanol–water partition coefficient (Wildman–Crippen LogP) is 7.39. The van der Waals surface area contributed by atoms with Crippen LogP contribution < -0.4 is 10.1 Å². The summed E-state index contributed by atoms with van der Waals surface area (Å²) in [6.07, 6.45) is 9.93. The van der Waals surface area contributed by atoms with Crippen LogP contribution in [0.2, 0.25) is 5.02 Å². The third-order valence-corrected chi connectivity index (χ3v) is 7.28. The molecule has 3 rings (SSSR count). The van der Waals surface area contributed by atoms with Gasteiger partial charge in [-0.1, -0.05) is 49.9 Å². The second-order valence-corrected chi connectivity index (χ2v) is 9.62. The van der Waals surface area contributed by atoms with Gasteiger partial charge in [0.2, 0.25) is 0 Å². The van der Waals surface area contributed by atoms with E-state index in [4.69, 9.17) is 21.1 Å². The van der Waals surface area contributed by atoms with Crippen molar-refractivity contribution in [3.05, 3.63) is 74.8 Å². The van der Waals surface area contributed by atoms with Gasteiger partial charge < -0.3 is 19.9 Å². The van der Waals surface area contributed by atoms with Crippen molar-refractivity contribution in [3.8, 4) is 5.75 Å². The summed E-state index contributed by atoms with van der Waals surface area (Å²) >= 11 is 6.41. The molecule has 0 aromatic heterocycles. The number of carboxylic acids is 1. The molecular formula is C30H36ClNO5. The van der Waals surface area contributed by atoms with E-state index in [2.05, 4.69) is 24.9 Å². The molecule has 0 radical (unpaired) electrons. The molecule has 2 aromatic carbocycles. The Kier molecular flexibility index (Phi) is 9.81. The number of methoxy groups -OCH3 is 1. The van der Waals surface area contributed by atoms with Crippen molar-refractivity contribution >= 4 is 34.8 Å². The van der Waals surface area contributed by atoms with Crippen LogP contribution in [0.5, 0.6) is 5.75 Å². The molecule has 1 aliphatic heterocycles. The van der Waals surface area contributed by atoms with Crippen LogP contribution in [0.1, 0.15) is 87.6 Å². The maximum absolute atomic E-state index is 12.6. The highest BCUT2D eigenvalue weighted by Crippen LogP contribution is 2.39. The number of carbonyl (C=O) groups excluding carboxylic acids is 1. The molecule has 0 amide bonds. The van der Waals surface area contributed by atoms with E-state index < -0.39 is 5.97 Å². The fraction of sp³-hybridized carbons (Fsp3) is 0.400. The number of hydrogen-bond acceptors (Lipinski definition) is 5. The summed E-state index contributed by atoms with van der Waals surface area (Å²) in [7, 11) is 3.34. The molecule has 0 atom stereocenters.